The summed E-state index contributed by atoms with van der Waals surface area (Å²) in [7, 11) is 0. The molecule has 0 saturated heterocycles. The van der Waals surface area contributed by atoms with Crippen LogP contribution in [0.4, 0.5) is 0 Å². The molecule has 46 heavy (non-hydrogen) atoms. The third-order valence-corrected chi connectivity index (χ3v) is 10.8. The molecule has 0 amide bonds. The van der Waals surface area contributed by atoms with E-state index >= 15 is 0 Å². The number of fused-ring (bicyclic) bond motifs is 5. The first kappa shape index (κ1) is 29.4. The van der Waals surface area contributed by atoms with Gasteiger partial charge in [0.15, 0.2) is 10.9 Å². The molecule has 8 rings (SSSR count). The second kappa shape index (κ2) is 8.45. The van der Waals surface area contributed by atoms with Crippen LogP contribution in [0.2, 0.25) is 0 Å². The Labute approximate surface area is 270 Å². The molecule has 8 aromatic carbocycles. The van der Waals surface area contributed by atoms with Gasteiger partial charge in [0.05, 0.1) is 0 Å². The minimum absolute atomic E-state index is 0.125. The molecule has 0 heterocycles. The van der Waals surface area contributed by atoms with Gasteiger partial charge in [0.25, 0.3) is 0 Å². The second-order valence-corrected chi connectivity index (χ2v) is 18.2. The van der Waals surface area contributed by atoms with Crippen molar-refractivity contribution >= 4 is 75.4 Å². The summed E-state index contributed by atoms with van der Waals surface area (Å²) in [5.74, 6) is 0. The van der Waals surface area contributed by atoms with Crippen LogP contribution >= 0.6 is 0 Å². The Kier molecular flexibility index (Phi) is 5.40. The molecule has 0 spiro atoms. The Balaban J connectivity index is 1.84. The lowest BCUT2D eigenvalue weighted by molar-refractivity contribution is 0.591. The molecule has 0 aliphatic carbocycles. The maximum absolute atomic E-state index is 14.5. The number of hydrogen-bond donors (Lipinski definition) is 0. The predicted octanol–water partition coefficient (Wildman–Crippen LogP) is 11.4. The van der Waals surface area contributed by atoms with Crippen molar-refractivity contribution in [2.45, 2.75) is 105 Å². The fourth-order valence-corrected chi connectivity index (χ4v) is 8.00. The van der Waals surface area contributed by atoms with E-state index in [0.717, 1.165) is 86.9 Å². The van der Waals surface area contributed by atoms with E-state index in [1.54, 1.807) is 0 Å². The summed E-state index contributed by atoms with van der Waals surface area (Å²) in [6, 6.07) is 18.0. The van der Waals surface area contributed by atoms with E-state index in [9.17, 15) is 9.59 Å². The summed E-state index contributed by atoms with van der Waals surface area (Å²) >= 11 is 0. The van der Waals surface area contributed by atoms with Crippen LogP contribution in [0, 0.1) is 0 Å². The third-order valence-electron chi connectivity index (χ3n) is 10.8. The Hall–Kier alpha value is -4.04. The lowest BCUT2D eigenvalue weighted by Crippen LogP contribution is -2.12. The van der Waals surface area contributed by atoms with Gasteiger partial charge >= 0.3 is 0 Å². The maximum Gasteiger partial charge on any atom is 0.194 e. The molecule has 0 unspecified atom stereocenters. The number of rotatable bonds is 0. The highest BCUT2D eigenvalue weighted by molar-refractivity contribution is 6.47. The minimum Gasteiger partial charge on any atom is -0.289 e. The average molecular weight is 605 g/mol. The van der Waals surface area contributed by atoms with Crippen LogP contribution < -0.4 is 10.9 Å². The number of benzene rings is 6. The minimum atomic E-state index is -0.150. The molecule has 0 N–H and O–H groups in total. The van der Waals surface area contributed by atoms with Gasteiger partial charge in [-0.3, -0.25) is 9.59 Å². The highest BCUT2D eigenvalue weighted by Gasteiger charge is 2.30. The first-order chi connectivity index (χ1) is 21.2. The molecular formula is C44H44O2. The monoisotopic (exact) mass is 604 g/mol. The second-order valence-electron chi connectivity index (χ2n) is 18.2. The SMILES string of the molecule is CC(C)(C)c1cc2c(=O)c3cc(C(C)(C)C)cc4c3c2c(c1)c1c2cc(C(C)(C)C)cc3c(=O)c5cc(C(C)(C)C)cc(c5c32)c41. The smallest absolute Gasteiger partial charge is 0.194 e. The Morgan fingerprint density at radius 2 is 0.435 bits per heavy atom. The van der Waals surface area contributed by atoms with E-state index < -0.39 is 0 Å². The molecule has 0 aliphatic heterocycles. The highest BCUT2D eigenvalue weighted by atomic mass is 16.1. The van der Waals surface area contributed by atoms with Crippen molar-refractivity contribution < 1.29 is 0 Å². The summed E-state index contributed by atoms with van der Waals surface area (Å²) in [6.07, 6.45) is 0. The van der Waals surface area contributed by atoms with E-state index in [1.165, 1.54) is 10.8 Å². The van der Waals surface area contributed by atoms with Crippen LogP contribution in [-0.2, 0) is 21.7 Å². The topological polar surface area (TPSA) is 34.1 Å². The summed E-state index contributed by atoms with van der Waals surface area (Å²) < 4.78 is 0. The molecule has 0 aliphatic rings. The molecule has 0 bridgehead atoms. The molecule has 0 aromatic heterocycles. The van der Waals surface area contributed by atoms with E-state index in [2.05, 4.69) is 132 Å². The van der Waals surface area contributed by atoms with Gasteiger partial charge < -0.3 is 0 Å². The zero-order valence-electron chi connectivity index (χ0n) is 29.4. The molecule has 8 aromatic rings. The Bertz CT molecular complexity index is 2310. The van der Waals surface area contributed by atoms with Crippen LogP contribution in [0.1, 0.15) is 105 Å². The van der Waals surface area contributed by atoms with Crippen LogP contribution in [0.15, 0.2) is 58.1 Å². The zero-order valence-corrected chi connectivity index (χ0v) is 29.4. The first-order valence-corrected chi connectivity index (χ1v) is 16.8. The lowest BCUT2D eigenvalue weighted by atomic mass is 9.78. The molecule has 0 saturated carbocycles. The van der Waals surface area contributed by atoms with Gasteiger partial charge in [-0.2, -0.15) is 0 Å². The van der Waals surface area contributed by atoms with E-state index in [1.807, 2.05) is 0 Å². The van der Waals surface area contributed by atoms with Crippen molar-refractivity contribution in [1.29, 1.82) is 0 Å². The summed E-state index contributed by atoms with van der Waals surface area (Å²) in [5, 5.41) is 14.4. The largest absolute Gasteiger partial charge is 0.289 e. The predicted molar refractivity (Wildman–Crippen MR) is 201 cm³/mol. The average Bonchev–Trinajstić information content (AvgIpc) is 3.40. The van der Waals surface area contributed by atoms with Crippen molar-refractivity contribution in [3.63, 3.8) is 0 Å². The van der Waals surface area contributed by atoms with E-state index in [4.69, 9.17) is 0 Å². The zero-order chi connectivity index (χ0) is 33.2. The molecule has 2 heteroatoms. The molecule has 0 fully saturated rings. The Morgan fingerprint density at radius 1 is 0.283 bits per heavy atom. The third kappa shape index (κ3) is 3.70. The van der Waals surface area contributed by atoms with Crippen molar-refractivity contribution in [2.24, 2.45) is 0 Å². The van der Waals surface area contributed by atoms with Crippen molar-refractivity contribution in [3.05, 3.63) is 91.2 Å². The van der Waals surface area contributed by atoms with Gasteiger partial charge in [0.1, 0.15) is 0 Å². The number of hydrogen-bond acceptors (Lipinski definition) is 2. The van der Waals surface area contributed by atoms with Gasteiger partial charge in [-0.25, -0.2) is 0 Å². The molecular weight excluding hydrogens is 560 g/mol. The van der Waals surface area contributed by atoms with Gasteiger partial charge in [0, 0.05) is 43.1 Å². The summed E-state index contributed by atoms with van der Waals surface area (Å²) in [6.45, 7) is 26.7. The first-order valence-electron chi connectivity index (χ1n) is 16.8. The van der Waals surface area contributed by atoms with Crippen LogP contribution in [0.25, 0.3) is 75.4 Å². The highest BCUT2D eigenvalue weighted by Crippen LogP contribution is 2.51. The normalized spacial score (nSPS) is 14.3. The van der Waals surface area contributed by atoms with Crippen molar-refractivity contribution in [2.75, 3.05) is 0 Å². The van der Waals surface area contributed by atoms with Crippen LogP contribution in [0.5, 0.6) is 0 Å². The maximum atomic E-state index is 14.5. The lowest BCUT2D eigenvalue weighted by Gasteiger charge is -2.25. The van der Waals surface area contributed by atoms with Crippen LogP contribution in [-0.4, -0.2) is 0 Å². The molecule has 232 valence electrons. The fraction of sp³-hybridized carbons (Fsp3) is 0.364. The van der Waals surface area contributed by atoms with E-state index in [0.29, 0.717) is 0 Å². The van der Waals surface area contributed by atoms with Crippen LogP contribution in [0.3, 0.4) is 0 Å². The quantitative estimate of drug-likeness (QED) is 0.161. The van der Waals surface area contributed by atoms with E-state index in [-0.39, 0.29) is 32.5 Å². The molecule has 0 atom stereocenters. The van der Waals surface area contributed by atoms with Crippen molar-refractivity contribution in [3.8, 4) is 0 Å². The summed E-state index contributed by atoms with van der Waals surface area (Å²) in [4.78, 5) is 29.0. The fourth-order valence-electron chi connectivity index (χ4n) is 8.00. The Morgan fingerprint density at radius 3 is 0.609 bits per heavy atom. The standard InChI is InChI=1S/C44H44O2/c1-41(2,3)21-13-25-33-26-14-22(42(4,5)6)19-31-37(26)38-28(16-24(44(10,11)12)20-32(38)40(31)46)34(33)27-15-23(43(7,8)9)18-30-36(27)35(25)29(17-21)39(30)45/h13-20H,1-12H3. The summed E-state index contributed by atoms with van der Waals surface area (Å²) in [5.41, 5.74) is 4.27. The molecule has 2 nitrogen and oxygen atoms in total. The van der Waals surface area contributed by atoms with Gasteiger partial charge in [0.2, 0.25) is 0 Å². The van der Waals surface area contributed by atoms with Gasteiger partial charge in [-0.15, -0.1) is 0 Å². The molecule has 0 radical (unpaired) electrons. The van der Waals surface area contributed by atoms with Gasteiger partial charge in [-0.05, 0) is 125 Å². The van der Waals surface area contributed by atoms with Crippen molar-refractivity contribution in [1.82, 2.24) is 0 Å². The van der Waals surface area contributed by atoms with Gasteiger partial charge in [-0.1, -0.05) is 83.1 Å².